The molecule has 1 aliphatic rings. The first-order valence-electron chi connectivity index (χ1n) is 7.55. The third kappa shape index (κ3) is 4.32. The summed E-state index contributed by atoms with van der Waals surface area (Å²) in [5, 5.41) is 3.10. The van der Waals surface area contributed by atoms with Gasteiger partial charge in [0.2, 0.25) is 11.8 Å². The highest BCUT2D eigenvalue weighted by atomic mass is 35.5. The molecule has 0 spiro atoms. The highest BCUT2D eigenvalue weighted by Gasteiger charge is 2.39. The van der Waals surface area contributed by atoms with E-state index in [4.69, 9.17) is 11.6 Å². The van der Waals surface area contributed by atoms with Gasteiger partial charge in [0.15, 0.2) is 5.78 Å². The summed E-state index contributed by atoms with van der Waals surface area (Å²) in [6, 6.07) is 6.59. The first-order chi connectivity index (χ1) is 10.7. The summed E-state index contributed by atoms with van der Waals surface area (Å²) in [4.78, 5) is 38.0. The minimum absolute atomic E-state index is 0.0289. The fourth-order valence-electron chi connectivity index (χ4n) is 2.61. The van der Waals surface area contributed by atoms with Crippen molar-refractivity contribution >= 4 is 29.2 Å². The maximum atomic E-state index is 12.2. The molecule has 1 atom stereocenters. The molecule has 1 aromatic carbocycles. The Morgan fingerprint density at radius 3 is 2.61 bits per heavy atom. The first kappa shape index (κ1) is 17.5. The van der Waals surface area contributed by atoms with E-state index in [-0.39, 0.29) is 36.1 Å². The van der Waals surface area contributed by atoms with Crippen molar-refractivity contribution in [3.63, 3.8) is 0 Å². The molecule has 124 valence electrons. The van der Waals surface area contributed by atoms with E-state index in [1.165, 1.54) is 0 Å². The molecule has 6 heteroatoms. The van der Waals surface area contributed by atoms with Gasteiger partial charge in [0.05, 0.1) is 12.5 Å². The van der Waals surface area contributed by atoms with Crippen molar-refractivity contribution in [3.8, 4) is 0 Å². The minimum Gasteiger partial charge on any atom is -0.348 e. The number of likely N-dealkylation sites (tertiary alicyclic amines) is 1. The van der Waals surface area contributed by atoms with Crippen LogP contribution in [0.4, 0.5) is 0 Å². The molecule has 0 radical (unpaired) electrons. The number of rotatable bonds is 4. The van der Waals surface area contributed by atoms with Crippen LogP contribution in [0.25, 0.3) is 0 Å². The van der Waals surface area contributed by atoms with Crippen LogP contribution in [0.2, 0.25) is 5.02 Å². The Balaban J connectivity index is 1.91. The fraction of sp³-hybridized carbons (Fsp3) is 0.471. The molecule has 1 aliphatic heterocycles. The van der Waals surface area contributed by atoms with Crippen LogP contribution in [0.3, 0.4) is 0 Å². The van der Waals surface area contributed by atoms with E-state index < -0.39 is 5.92 Å². The van der Waals surface area contributed by atoms with Crippen molar-refractivity contribution in [1.82, 2.24) is 10.2 Å². The lowest BCUT2D eigenvalue weighted by Crippen LogP contribution is -2.43. The maximum Gasteiger partial charge on any atom is 0.225 e. The zero-order valence-electron chi connectivity index (χ0n) is 13.6. The Kier molecular flexibility index (Phi) is 5.09. The van der Waals surface area contributed by atoms with Gasteiger partial charge in [-0.1, -0.05) is 23.7 Å². The van der Waals surface area contributed by atoms with Crippen LogP contribution in [0.15, 0.2) is 24.3 Å². The number of hydrogen-bond donors (Lipinski definition) is 1. The predicted octanol–water partition coefficient (Wildman–Crippen LogP) is 2.29. The predicted molar refractivity (Wildman–Crippen MR) is 88.4 cm³/mol. The molecule has 2 amide bonds. The van der Waals surface area contributed by atoms with Gasteiger partial charge in [-0.25, -0.2) is 0 Å². The van der Waals surface area contributed by atoms with Crippen molar-refractivity contribution in [1.29, 1.82) is 0 Å². The average Bonchev–Trinajstić information content (AvgIpc) is 2.86. The molecule has 0 bridgehead atoms. The molecule has 0 saturated carbocycles. The summed E-state index contributed by atoms with van der Waals surface area (Å²) in [5.41, 5.74) is 0.152. The number of Topliss-reactive ketones (excluding diaryl/α,β-unsaturated/α-hetero) is 1. The second-order valence-corrected chi connectivity index (χ2v) is 7.16. The van der Waals surface area contributed by atoms with E-state index in [9.17, 15) is 14.4 Å². The molecule has 1 aromatic rings. The smallest absolute Gasteiger partial charge is 0.225 e. The molecule has 23 heavy (non-hydrogen) atoms. The first-order valence-corrected chi connectivity index (χ1v) is 7.93. The summed E-state index contributed by atoms with van der Waals surface area (Å²) in [5.74, 6) is -0.911. The number of nitrogens with zero attached hydrogens (tertiary/aromatic N) is 1. The highest BCUT2D eigenvalue weighted by Crippen LogP contribution is 2.25. The molecule has 2 rings (SSSR count). The van der Waals surface area contributed by atoms with Crippen LogP contribution in [0.1, 0.15) is 37.6 Å². The van der Waals surface area contributed by atoms with E-state index >= 15 is 0 Å². The van der Waals surface area contributed by atoms with Crippen LogP contribution in [0, 0.1) is 5.92 Å². The van der Waals surface area contributed by atoms with Gasteiger partial charge >= 0.3 is 0 Å². The molecular weight excluding hydrogens is 316 g/mol. The van der Waals surface area contributed by atoms with Crippen molar-refractivity contribution in [2.24, 2.45) is 5.92 Å². The van der Waals surface area contributed by atoms with Gasteiger partial charge in [0.1, 0.15) is 0 Å². The van der Waals surface area contributed by atoms with Crippen molar-refractivity contribution in [3.05, 3.63) is 34.9 Å². The van der Waals surface area contributed by atoms with Crippen LogP contribution in [0.5, 0.6) is 0 Å². The topological polar surface area (TPSA) is 66.5 Å². The summed E-state index contributed by atoms with van der Waals surface area (Å²) in [7, 11) is 0. The molecule has 0 aliphatic carbocycles. The van der Waals surface area contributed by atoms with Gasteiger partial charge in [-0.3, -0.25) is 14.4 Å². The summed E-state index contributed by atoms with van der Waals surface area (Å²) >= 11 is 5.85. The normalized spacial score (nSPS) is 18.2. The fourth-order valence-corrected chi connectivity index (χ4v) is 2.80. The third-order valence-corrected chi connectivity index (χ3v) is 4.11. The Morgan fingerprint density at radius 2 is 2.04 bits per heavy atom. The van der Waals surface area contributed by atoms with Gasteiger partial charge in [-0.15, -0.1) is 0 Å². The van der Waals surface area contributed by atoms with Crippen LogP contribution >= 0.6 is 11.6 Å². The van der Waals surface area contributed by atoms with E-state index in [1.54, 1.807) is 29.2 Å². The third-order valence-electron chi connectivity index (χ3n) is 3.88. The van der Waals surface area contributed by atoms with Crippen molar-refractivity contribution in [2.45, 2.75) is 32.7 Å². The number of amides is 2. The largest absolute Gasteiger partial charge is 0.348 e. The molecule has 1 saturated heterocycles. The Hall–Kier alpha value is -1.88. The number of ketones is 1. The Labute approximate surface area is 141 Å². The lowest BCUT2D eigenvalue weighted by Gasteiger charge is -2.31. The zero-order chi connectivity index (χ0) is 17.2. The van der Waals surface area contributed by atoms with Crippen LogP contribution in [-0.2, 0) is 9.59 Å². The molecule has 1 heterocycles. The molecule has 5 nitrogen and oxygen atoms in total. The molecule has 1 fully saturated rings. The van der Waals surface area contributed by atoms with Crippen LogP contribution < -0.4 is 5.32 Å². The van der Waals surface area contributed by atoms with E-state index in [1.807, 2.05) is 20.8 Å². The van der Waals surface area contributed by atoms with Gasteiger partial charge < -0.3 is 10.2 Å². The second-order valence-electron chi connectivity index (χ2n) is 6.73. The van der Waals surface area contributed by atoms with Gasteiger partial charge in [0, 0.05) is 29.1 Å². The number of carbonyl (C=O) groups is 3. The minimum atomic E-state index is -0.408. The number of halogens is 1. The second kappa shape index (κ2) is 6.71. The number of carbonyl (C=O) groups excluding carboxylic acids is 3. The molecule has 1 unspecified atom stereocenters. The SMILES string of the molecule is CC(C)(C)N1CC(C(=O)NCC(=O)c2cccc(Cl)c2)CC1=O. The summed E-state index contributed by atoms with van der Waals surface area (Å²) in [6.07, 6.45) is 0.189. The van der Waals surface area contributed by atoms with E-state index in [0.717, 1.165) is 0 Å². The number of hydrogen-bond acceptors (Lipinski definition) is 3. The van der Waals surface area contributed by atoms with Gasteiger partial charge in [-0.2, -0.15) is 0 Å². The molecular formula is C17H21ClN2O3. The van der Waals surface area contributed by atoms with E-state index in [2.05, 4.69) is 5.32 Å². The zero-order valence-corrected chi connectivity index (χ0v) is 14.3. The number of benzene rings is 1. The quantitative estimate of drug-likeness (QED) is 0.858. The number of nitrogens with one attached hydrogen (secondary N) is 1. The Bertz CT molecular complexity index is 637. The molecule has 0 aromatic heterocycles. The van der Waals surface area contributed by atoms with Crippen molar-refractivity contribution < 1.29 is 14.4 Å². The lowest BCUT2D eigenvalue weighted by molar-refractivity contribution is -0.132. The standard InChI is InChI=1S/C17H21ClN2O3/c1-17(2,3)20-10-12(8-15(20)22)16(23)19-9-14(21)11-5-4-6-13(18)7-11/h4-7,12H,8-10H2,1-3H3,(H,19,23). The van der Waals surface area contributed by atoms with Gasteiger partial charge in [0.25, 0.3) is 0 Å². The van der Waals surface area contributed by atoms with E-state index in [0.29, 0.717) is 17.1 Å². The van der Waals surface area contributed by atoms with Gasteiger partial charge in [-0.05, 0) is 32.9 Å². The maximum absolute atomic E-state index is 12.2. The Morgan fingerprint density at radius 1 is 1.35 bits per heavy atom. The van der Waals surface area contributed by atoms with Crippen molar-refractivity contribution in [2.75, 3.05) is 13.1 Å². The van der Waals surface area contributed by atoms with Crippen LogP contribution in [-0.4, -0.2) is 41.1 Å². The average molecular weight is 337 g/mol. The lowest BCUT2D eigenvalue weighted by atomic mass is 10.1. The summed E-state index contributed by atoms with van der Waals surface area (Å²) in [6.45, 7) is 6.11. The highest BCUT2D eigenvalue weighted by molar-refractivity contribution is 6.31. The molecule has 1 N–H and O–H groups in total. The summed E-state index contributed by atoms with van der Waals surface area (Å²) < 4.78 is 0. The monoisotopic (exact) mass is 336 g/mol.